The summed E-state index contributed by atoms with van der Waals surface area (Å²) in [5.74, 6) is -0.704. The number of halogens is 1. The molecule has 9 nitrogen and oxygen atoms in total. The number of aromatic nitrogens is 1. The third-order valence-electron chi connectivity index (χ3n) is 6.36. The smallest absolute Gasteiger partial charge is 0.410 e. The Morgan fingerprint density at radius 1 is 1.16 bits per heavy atom. The van der Waals surface area contributed by atoms with Gasteiger partial charge in [0.2, 0.25) is 0 Å². The number of piperidine rings is 1. The van der Waals surface area contributed by atoms with E-state index in [0.717, 1.165) is 0 Å². The first kappa shape index (κ1) is 27.7. The third kappa shape index (κ3) is 5.86. The average Bonchev–Trinajstić information content (AvgIpc) is 2.83. The SMILES string of the molecule is Cc1cc(S(=O)(=O)C2CCN(C(=O)OC(C)(C)C)CC2)cc2c(Nc3cccc(Cl)c3)c(C(N)=O)cnc12. The van der Waals surface area contributed by atoms with Crippen LogP contribution in [-0.2, 0) is 14.6 Å². The van der Waals surface area contributed by atoms with Gasteiger partial charge >= 0.3 is 6.09 Å². The van der Waals surface area contributed by atoms with Crippen LogP contribution in [0.4, 0.5) is 16.2 Å². The molecule has 0 aliphatic carbocycles. The molecule has 2 aromatic carbocycles. The van der Waals surface area contributed by atoms with Crippen molar-refractivity contribution in [2.45, 2.75) is 56.3 Å². The number of nitrogens with one attached hydrogen (secondary N) is 1. The monoisotopic (exact) mass is 558 g/mol. The molecule has 3 aromatic rings. The van der Waals surface area contributed by atoms with Crippen molar-refractivity contribution in [3.05, 3.63) is 58.7 Å². The van der Waals surface area contributed by atoms with Gasteiger partial charge in [0.05, 0.1) is 26.9 Å². The summed E-state index contributed by atoms with van der Waals surface area (Å²) in [5.41, 5.74) is 7.27. The Morgan fingerprint density at radius 3 is 2.45 bits per heavy atom. The fourth-order valence-corrected chi connectivity index (χ4v) is 6.54. The number of primary amides is 1. The van der Waals surface area contributed by atoms with E-state index in [4.69, 9.17) is 22.1 Å². The molecule has 202 valence electrons. The Labute approximate surface area is 227 Å². The van der Waals surface area contributed by atoms with Gasteiger partial charge in [-0.15, -0.1) is 0 Å². The number of pyridine rings is 1. The van der Waals surface area contributed by atoms with E-state index < -0.39 is 32.7 Å². The van der Waals surface area contributed by atoms with Crippen molar-refractivity contribution in [2.24, 2.45) is 5.73 Å². The minimum absolute atomic E-state index is 0.121. The van der Waals surface area contributed by atoms with Gasteiger partial charge in [0.25, 0.3) is 5.91 Å². The van der Waals surface area contributed by atoms with Crippen LogP contribution in [0.25, 0.3) is 10.9 Å². The second-order valence-electron chi connectivity index (χ2n) is 10.4. The molecule has 2 heterocycles. The molecule has 0 spiro atoms. The molecule has 0 radical (unpaired) electrons. The highest BCUT2D eigenvalue weighted by atomic mass is 35.5. The molecule has 0 unspecified atom stereocenters. The molecule has 0 bridgehead atoms. The molecule has 11 heteroatoms. The molecule has 3 N–H and O–H groups in total. The molecule has 1 aliphatic rings. The molecule has 1 aliphatic heterocycles. The number of hydrogen-bond acceptors (Lipinski definition) is 7. The number of nitrogens with zero attached hydrogens (tertiary/aromatic N) is 2. The van der Waals surface area contributed by atoms with E-state index in [1.54, 1.807) is 62.9 Å². The van der Waals surface area contributed by atoms with E-state index in [1.807, 2.05) is 0 Å². The summed E-state index contributed by atoms with van der Waals surface area (Å²) >= 11 is 6.13. The number of ether oxygens (including phenoxy) is 1. The van der Waals surface area contributed by atoms with E-state index in [-0.39, 0.29) is 36.4 Å². The maximum Gasteiger partial charge on any atom is 0.410 e. The van der Waals surface area contributed by atoms with Gasteiger partial charge in [0.1, 0.15) is 5.60 Å². The fourth-order valence-electron chi connectivity index (χ4n) is 4.51. The Morgan fingerprint density at radius 2 is 1.84 bits per heavy atom. The van der Waals surface area contributed by atoms with Gasteiger partial charge in [-0.25, -0.2) is 13.2 Å². The van der Waals surface area contributed by atoms with Gasteiger partial charge in [-0.3, -0.25) is 9.78 Å². The third-order valence-corrected chi connectivity index (χ3v) is 8.83. The van der Waals surface area contributed by atoms with E-state index in [9.17, 15) is 18.0 Å². The number of sulfone groups is 1. The van der Waals surface area contributed by atoms with Gasteiger partial charge in [0, 0.05) is 35.4 Å². The Hall–Kier alpha value is -3.37. The number of likely N-dealkylation sites (tertiary alicyclic amines) is 1. The van der Waals surface area contributed by atoms with Crippen LogP contribution in [0.1, 0.15) is 49.5 Å². The predicted octanol–water partition coefficient (Wildman–Crippen LogP) is 5.21. The lowest BCUT2D eigenvalue weighted by molar-refractivity contribution is 0.0217. The predicted molar refractivity (Wildman–Crippen MR) is 148 cm³/mol. The minimum atomic E-state index is -3.76. The van der Waals surface area contributed by atoms with E-state index in [0.29, 0.717) is 32.9 Å². The zero-order valence-corrected chi connectivity index (χ0v) is 23.3. The van der Waals surface area contributed by atoms with Crippen LogP contribution in [-0.4, -0.2) is 54.2 Å². The molecular formula is C27H31ClN4O5S. The van der Waals surface area contributed by atoms with E-state index in [1.165, 1.54) is 12.3 Å². The highest BCUT2D eigenvalue weighted by Gasteiger charge is 2.34. The number of nitrogens with two attached hydrogens (primary N) is 1. The normalized spacial score (nSPS) is 14.9. The zero-order valence-electron chi connectivity index (χ0n) is 21.7. The van der Waals surface area contributed by atoms with Crippen molar-refractivity contribution < 1.29 is 22.7 Å². The first-order valence-electron chi connectivity index (χ1n) is 12.2. The van der Waals surface area contributed by atoms with Gasteiger partial charge in [-0.1, -0.05) is 17.7 Å². The van der Waals surface area contributed by atoms with Crippen molar-refractivity contribution >= 4 is 55.7 Å². The number of carbonyl (C=O) groups excluding carboxylic acids is 2. The maximum absolute atomic E-state index is 13.7. The molecule has 4 rings (SSSR count). The number of fused-ring (bicyclic) bond motifs is 1. The molecule has 0 saturated carbocycles. The number of amides is 2. The standard InChI is InChI=1S/C27H31ClN4O5S/c1-16-12-20(38(35,36)19-8-10-32(11-9-19)26(34)37-27(2,3)4)14-21-23(16)30-15-22(25(29)33)24(21)31-18-7-5-6-17(28)13-18/h5-7,12-15,19H,8-11H2,1-4H3,(H2,29,33)(H,30,31). The topological polar surface area (TPSA) is 132 Å². The van der Waals surface area contributed by atoms with Crippen LogP contribution >= 0.6 is 11.6 Å². The quantitative estimate of drug-likeness (QED) is 0.439. The summed E-state index contributed by atoms with van der Waals surface area (Å²) in [5, 5.41) is 3.45. The van der Waals surface area contributed by atoms with Gasteiger partial charge in [-0.05, 0) is 76.4 Å². The summed E-state index contributed by atoms with van der Waals surface area (Å²) in [6.07, 6.45) is 1.50. The van der Waals surface area contributed by atoms with E-state index in [2.05, 4.69) is 10.3 Å². The highest BCUT2D eigenvalue weighted by Crippen LogP contribution is 2.35. The lowest BCUT2D eigenvalue weighted by Gasteiger charge is -2.33. The number of aryl methyl sites for hydroxylation is 1. The molecule has 2 amide bonds. The lowest BCUT2D eigenvalue weighted by atomic mass is 10.1. The molecule has 0 atom stereocenters. The largest absolute Gasteiger partial charge is 0.444 e. The summed E-state index contributed by atoms with van der Waals surface area (Å²) in [6, 6.07) is 10.1. The molecule has 1 aromatic heterocycles. The molecular weight excluding hydrogens is 528 g/mol. The average molecular weight is 559 g/mol. The molecule has 38 heavy (non-hydrogen) atoms. The Balaban J connectivity index is 1.70. The van der Waals surface area contributed by atoms with Crippen LogP contribution in [0, 0.1) is 6.92 Å². The fraction of sp³-hybridized carbons (Fsp3) is 0.370. The zero-order chi connectivity index (χ0) is 27.8. The number of rotatable bonds is 5. The summed E-state index contributed by atoms with van der Waals surface area (Å²) < 4.78 is 32.9. The summed E-state index contributed by atoms with van der Waals surface area (Å²) in [6.45, 7) is 7.70. The van der Waals surface area contributed by atoms with Crippen LogP contribution in [0.5, 0.6) is 0 Å². The summed E-state index contributed by atoms with van der Waals surface area (Å²) in [7, 11) is -3.76. The number of anilines is 2. The van der Waals surface area contributed by atoms with Crippen molar-refractivity contribution in [3.8, 4) is 0 Å². The second-order valence-corrected chi connectivity index (χ2v) is 13.1. The first-order chi connectivity index (χ1) is 17.8. The Bertz CT molecular complexity index is 1510. The molecule has 1 fully saturated rings. The first-order valence-corrected chi connectivity index (χ1v) is 14.2. The van der Waals surface area contributed by atoms with Gasteiger partial charge in [-0.2, -0.15) is 0 Å². The van der Waals surface area contributed by atoms with Crippen molar-refractivity contribution in [1.82, 2.24) is 9.88 Å². The second kappa shape index (κ2) is 10.4. The van der Waals surface area contributed by atoms with Crippen molar-refractivity contribution in [3.63, 3.8) is 0 Å². The maximum atomic E-state index is 13.7. The van der Waals surface area contributed by atoms with Gasteiger partial charge < -0.3 is 20.7 Å². The van der Waals surface area contributed by atoms with Crippen LogP contribution < -0.4 is 11.1 Å². The van der Waals surface area contributed by atoms with Crippen LogP contribution in [0.15, 0.2) is 47.5 Å². The minimum Gasteiger partial charge on any atom is -0.444 e. The van der Waals surface area contributed by atoms with Crippen molar-refractivity contribution in [2.75, 3.05) is 18.4 Å². The Kier molecular flexibility index (Phi) is 7.58. The molecule has 1 saturated heterocycles. The number of carbonyl (C=O) groups is 2. The lowest BCUT2D eigenvalue weighted by Crippen LogP contribution is -2.44. The van der Waals surface area contributed by atoms with Crippen molar-refractivity contribution in [1.29, 1.82) is 0 Å². The highest BCUT2D eigenvalue weighted by molar-refractivity contribution is 7.92. The van der Waals surface area contributed by atoms with E-state index >= 15 is 0 Å². The number of benzene rings is 2. The van der Waals surface area contributed by atoms with Crippen LogP contribution in [0.2, 0.25) is 5.02 Å². The summed E-state index contributed by atoms with van der Waals surface area (Å²) in [4.78, 5) is 30.7. The van der Waals surface area contributed by atoms with Crippen LogP contribution in [0.3, 0.4) is 0 Å². The van der Waals surface area contributed by atoms with Gasteiger partial charge in [0.15, 0.2) is 9.84 Å². The number of hydrogen-bond donors (Lipinski definition) is 2.